The van der Waals surface area contributed by atoms with Crippen LogP contribution >= 0.6 is 0 Å². The first-order valence-electron chi connectivity index (χ1n) is 27.9. The maximum absolute atomic E-state index is 13.3. The lowest BCUT2D eigenvalue weighted by Crippen LogP contribution is -2.66. The van der Waals surface area contributed by atoms with E-state index in [-0.39, 0.29) is 18.9 Å². The summed E-state index contributed by atoms with van der Waals surface area (Å²) in [4.78, 5) is 13.3. The number of unbranched alkanes of at least 4 members (excludes halogenated alkanes) is 17. The van der Waals surface area contributed by atoms with Gasteiger partial charge < -0.3 is 89.9 Å². The van der Waals surface area contributed by atoms with Gasteiger partial charge in [0.1, 0.15) is 73.2 Å². The molecule has 430 valence electrons. The summed E-state index contributed by atoms with van der Waals surface area (Å²) in [5, 5.41) is 120. The molecule has 3 heterocycles. The largest absolute Gasteiger partial charge is 0.394 e. The van der Waals surface area contributed by atoms with E-state index in [4.69, 9.17) is 28.4 Å². The summed E-state index contributed by atoms with van der Waals surface area (Å²) in [5.74, 6) is -0.302. The molecule has 0 aromatic heterocycles. The van der Waals surface area contributed by atoms with Crippen molar-refractivity contribution < 1.29 is 89.4 Å². The highest BCUT2D eigenvalue weighted by atomic mass is 16.8. The Morgan fingerprint density at radius 1 is 0.473 bits per heavy atom. The van der Waals surface area contributed by atoms with Crippen LogP contribution in [0, 0.1) is 0 Å². The van der Waals surface area contributed by atoms with E-state index in [0.29, 0.717) is 12.8 Å². The molecule has 3 aliphatic rings. The van der Waals surface area contributed by atoms with Crippen molar-refractivity contribution in [2.45, 2.75) is 266 Å². The first-order valence-corrected chi connectivity index (χ1v) is 27.9. The Bertz CT molecular complexity index is 1550. The standard InChI is InChI=1S/C55H97NO18/c1-3-5-7-9-11-13-15-17-18-19-21-23-25-27-29-31-33-43(61)56-38(39(60)32-30-28-26-24-22-20-16-14-12-10-8-6-4-2)37-69-53-49(67)46(64)51(41(35-58)71-53)74-55-50(68)47(65)52(42(36-59)72-55)73-54-48(66)45(63)44(62)40(34-57)70-54/h12,14,18-19,22,24,30,32,38-42,44-55,57-60,62-68H,3-11,13,15-17,20-21,23,25-29,31,33-37H2,1-2H3,(H,56,61)/b14-12+,19-18-,24-22+,32-30+. The van der Waals surface area contributed by atoms with Gasteiger partial charge in [0.15, 0.2) is 18.9 Å². The molecule has 74 heavy (non-hydrogen) atoms. The van der Waals surface area contributed by atoms with Gasteiger partial charge in [0.05, 0.1) is 38.6 Å². The van der Waals surface area contributed by atoms with Gasteiger partial charge in [-0.05, 0) is 70.6 Å². The topological polar surface area (TPSA) is 307 Å². The molecule has 0 aromatic carbocycles. The van der Waals surface area contributed by atoms with Crippen molar-refractivity contribution in [1.29, 1.82) is 0 Å². The van der Waals surface area contributed by atoms with E-state index in [1.54, 1.807) is 6.08 Å². The Hall–Kier alpha value is -2.25. The van der Waals surface area contributed by atoms with E-state index in [2.05, 4.69) is 55.6 Å². The summed E-state index contributed by atoms with van der Waals surface area (Å²) < 4.78 is 34.1. The van der Waals surface area contributed by atoms with Crippen molar-refractivity contribution in [2.75, 3.05) is 26.4 Å². The van der Waals surface area contributed by atoms with E-state index in [1.807, 2.05) is 6.08 Å². The molecule has 17 atom stereocenters. The first-order chi connectivity index (χ1) is 35.8. The molecular formula is C55H97NO18. The third-order valence-corrected chi connectivity index (χ3v) is 13.8. The number of ether oxygens (including phenoxy) is 6. The summed E-state index contributed by atoms with van der Waals surface area (Å²) in [7, 11) is 0. The van der Waals surface area contributed by atoms with Crippen LogP contribution in [0.5, 0.6) is 0 Å². The van der Waals surface area contributed by atoms with Crippen molar-refractivity contribution in [3.8, 4) is 0 Å². The molecule has 19 nitrogen and oxygen atoms in total. The average Bonchev–Trinajstić information content (AvgIpc) is 3.40. The molecule has 0 aromatic rings. The van der Waals surface area contributed by atoms with E-state index in [0.717, 1.165) is 64.2 Å². The van der Waals surface area contributed by atoms with Gasteiger partial charge in [-0.1, -0.05) is 133 Å². The maximum Gasteiger partial charge on any atom is 0.220 e. The molecule has 0 spiro atoms. The molecule has 1 amide bonds. The Balaban J connectivity index is 1.55. The molecule has 19 heteroatoms. The van der Waals surface area contributed by atoms with E-state index >= 15 is 0 Å². The zero-order valence-electron chi connectivity index (χ0n) is 44.3. The fourth-order valence-corrected chi connectivity index (χ4v) is 9.16. The number of nitrogens with one attached hydrogen (secondary N) is 1. The molecule has 17 unspecified atom stereocenters. The predicted octanol–water partition coefficient (Wildman–Crippen LogP) is 3.53. The third-order valence-electron chi connectivity index (χ3n) is 13.8. The van der Waals surface area contributed by atoms with Crippen LogP contribution in [0.25, 0.3) is 0 Å². The normalized spacial score (nSPS) is 31.8. The molecule has 0 bridgehead atoms. The zero-order chi connectivity index (χ0) is 54.1. The van der Waals surface area contributed by atoms with Gasteiger partial charge >= 0.3 is 0 Å². The number of hydrogen-bond acceptors (Lipinski definition) is 18. The molecule has 3 rings (SSSR count). The van der Waals surface area contributed by atoms with Crippen LogP contribution in [-0.2, 0) is 33.2 Å². The average molecular weight is 1060 g/mol. The fourth-order valence-electron chi connectivity index (χ4n) is 9.16. The molecule has 3 saturated heterocycles. The minimum absolute atomic E-state index is 0.221. The first kappa shape index (κ1) is 66.0. The van der Waals surface area contributed by atoms with Gasteiger partial charge in [-0.25, -0.2) is 0 Å². The quantitative estimate of drug-likeness (QED) is 0.0310. The second-order valence-corrected chi connectivity index (χ2v) is 20.0. The minimum atomic E-state index is -1.98. The van der Waals surface area contributed by atoms with E-state index in [1.165, 1.54) is 64.2 Å². The van der Waals surface area contributed by atoms with Crippen molar-refractivity contribution in [3.05, 3.63) is 48.6 Å². The second-order valence-electron chi connectivity index (χ2n) is 20.0. The number of rotatable bonds is 39. The Morgan fingerprint density at radius 3 is 1.38 bits per heavy atom. The van der Waals surface area contributed by atoms with Crippen molar-refractivity contribution in [2.24, 2.45) is 0 Å². The number of amides is 1. The fraction of sp³-hybridized carbons (Fsp3) is 0.836. The monoisotopic (exact) mass is 1060 g/mol. The third kappa shape index (κ3) is 23.8. The number of aliphatic hydroxyl groups is 11. The molecular weight excluding hydrogens is 963 g/mol. The molecule has 0 radical (unpaired) electrons. The second kappa shape index (κ2) is 39.2. The number of carbonyl (C=O) groups excluding carboxylic acids is 1. The number of aliphatic hydroxyl groups excluding tert-OH is 11. The number of hydrogen-bond donors (Lipinski definition) is 12. The highest BCUT2D eigenvalue weighted by Crippen LogP contribution is 2.33. The van der Waals surface area contributed by atoms with Gasteiger partial charge in [-0.3, -0.25) is 4.79 Å². The lowest BCUT2D eigenvalue weighted by Gasteiger charge is -2.48. The van der Waals surface area contributed by atoms with Gasteiger partial charge in [0.25, 0.3) is 0 Å². The highest BCUT2D eigenvalue weighted by molar-refractivity contribution is 5.76. The van der Waals surface area contributed by atoms with E-state index < -0.39 is 124 Å². The SMILES string of the molecule is CCCCC/C=C/CC/C=C/CC/C=C/C(O)C(COC1OC(CO)C(OC2OC(CO)C(OC3OC(CO)C(O)C(O)C3O)C(O)C2O)C(O)C1O)NC(=O)CCCCCCC/C=C\CCCCCCCCC. The lowest BCUT2D eigenvalue weighted by molar-refractivity contribution is -0.379. The van der Waals surface area contributed by atoms with Gasteiger partial charge in [0, 0.05) is 6.42 Å². The van der Waals surface area contributed by atoms with Crippen molar-refractivity contribution >= 4 is 5.91 Å². The van der Waals surface area contributed by atoms with Crippen LogP contribution in [0.1, 0.15) is 162 Å². The molecule has 3 aliphatic heterocycles. The Morgan fingerprint density at radius 2 is 0.865 bits per heavy atom. The van der Waals surface area contributed by atoms with Crippen LogP contribution in [-0.4, -0.2) is 193 Å². The van der Waals surface area contributed by atoms with Crippen molar-refractivity contribution in [1.82, 2.24) is 5.32 Å². The van der Waals surface area contributed by atoms with Gasteiger partial charge in [-0.2, -0.15) is 0 Å². The van der Waals surface area contributed by atoms with Gasteiger partial charge in [0.2, 0.25) is 5.91 Å². The Labute approximate surface area is 440 Å². The lowest BCUT2D eigenvalue weighted by atomic mass is 9.96. The maximum atomic E-state index is 13.3. The van der Waals surface area contributed by atoms with E-state index in [9.17, 15) is 61.0 Å². The molecule has 12 N–H and O–H groups in total. The van der Waals surface area contributed by atoms with Gasteiger partial charge in [-0.15, -0.1) is 0 Å². The number of carbonyl (C=O) groups is 1. The van der Waals surface area contributed by atoms with Crippen LogP contribution in [0.2, 0.25) is 0 Å². The van der Waals surface area contributed by atoms with Crippen LogP contribution < -0.4 is 5.32 Å². The summed E-state index contributed by atoms with van der Waals surface area (Å²) in [6.45, 7) is 1.62. The predicted molar refractivity (Wildman–Crippen MR) is 277 cm³/mol. The summed E-state index contributed by atoms with van der Waals surface area (Å²) in [6.07, 6.45) is 13.9. The van der Waals surface area contributed by atoms with Crippen LogP contribution in [0.15, 0.2) is 48.6 Å². The molecule has 0 saturated carbocycles. The smallest absolute Gasteiger partial charge is 0.220 e. The summed E-state index contributed by atoms with van der Waals surface area (Å²) >= 11 is 0. The highest BCUT2D eigenvalue weighted by Gasteiger charge is 2.53. The van der Waals surface area contributed by atoms with Crippen molar-refractivity contribution in [3.63, 3.8) is 0 Å². The minimum Gasteiger partial charge on any atom is -0.394 e. The van der Waals surface area contributed by atoms with Crippen LogP contribution in [0.3, 0.4) is 0 Å². The molecule has 3 fully saturated rings. The Kier molecular flexibility index (Phi) is 34.9. The summed E-state index contributed by atoms with van der Waals surface area (Å²) in [6, 6.07) is -0.999. The molecule has 0 aliphatic carbocycles. The summed E-state index contributed by atoms with van der Waals surface area (Å²) in [5.41, 5.74) is 0. The van der Waals surface area contributed by atoms with Crippen LogP contribution in [0.4, 0.5) is 0 Å². The number of allylic oxidation sites excluding steroid dienone is 7. The zero-order valence-corrected chi connectivity index (χ0v) is 44.3.